The van der Waals surface area contributed by atoms with Gasteiger partial charge in [-0.15, -0.1) is 0 Å². The van der Waals surface area contributed by atoms with Crippen molar-refractivity contribution in [3.8, 4) is 0 Å². The van der Waals surface area contributed by atoms with Gasteiger partial charge >= 0.3 is 5.97 Å². The zero-order chi connectivity index (χ0) is 19.2. The summed E-state index contributed by atoms with van der Waals surface area (Å²) in [5, 5.41) is 14.7. The van der Waals surface area contributed by atoms with E-state index in [4.69, 9.17) is 4.84 Å². The lowest BCUT2D eigenvalue weighted by atomic mass is 10.0. The van der Waals surface area contributed by atoms with E-state index < -0.39 is 16.7 Å². The summed E-state index contributed by atoms with van der Waals surface area (Å²) in [6.45, 7) is 0. The van der Waals surface area contributed by atoms with Crippen LogP contribution in [0.2, 0.25) is 0 Å². The van der Waals surface area contributed by atoms with E-state index in [-0.39, 0.29) is 17.0 Å². The predicted molar refractivity (Wildman–Crippen MR) is 94.8 cm³/mol. The summed E-state index contributed by atoms with van der Waals surface area (Å²) in [5.41, 5.74) is 0.959. The van der Waals surface area contributed by atoms with E-state index in [1.54, 1.807) is 12.1 Å². The second-order valence-corrected chi connectivity index (χ2v) is 5.34. The number of pyridine rings is 1. The Morgan fingerprint density at radius 3 is 2.26 bits per heavy atom. The van der Waals surface area contributed by atoms with Crippen LogP contribution in [0, 0.1) is 15.9 Å². The van der Waals surface area contributed by atoms with Crippen LogP contribution in [-0.4, -0.2) is 21.6 Å². The fourth-order valence-electron chi connectivity index (χ4n) is 2.29. The van der Waals surface area contributed by atoms with Crippen molar-refractivity contribution in [1.82, 2.24) is 4.98 Å². The van der Waals surface area contributed by atoms with Gasteiger partial charge in [0.25, 0.3) is 5.69 Å². The number of carbonyl (C=O) groups excluding carboxylic acids is 1. The Morgan fingerprint density at radius 2 is 1.63 bits per heavy atom. The summed E-state index contributed by atoms with van der Waals surface area (Å²) in [6.07, 6.45) is 3.05. The summed E-state index contributed by atoms with van der Waals surface area (Å²) >= 11 is 0. The number of nitro groups is 1. The number of oxime groups is 1. The number of hydrogen-bond donors (Lipinski definition) is 0. The summed E-state index contributed by atoms with van der Waals surface area (Å²) in [6, 6.07) is 14.2. The SMILES string of the molecule is O=C(O/N=C(\c1ccncc1)c1ccc([N+](=O)[O-])cc1)c1ccccc1F. The van der Waals surface area contributed by atoms with Crippen LogP contribution in [-0.2, 0) is 4.84 Å². The van der Waals surface area contributed by atoms with Crippen LogP contribution >= 0.6 is 0 Å². The first-order chi connectivity index (χ1) is 13.1. The maximum atomic E-state index is 13.7. The number of carbonyl (C=O) groups is 1. The molecule has 0 atom stereocenters. The van der Waals surface area contributed by atoms with Gasteiger partial charge in [0.15, 0.2) is 0 Å². The normalized spacial score (nSPS) is 11.1. The maximum Gasteiger partial charge on any atom is 0.368 e. The molecule has 3 rings (SSSR count). The van der Waals surface area contributed by atoms with E-state index in [9.17, 15) is 19.3 Å². The molecule has 0 saturated heterocycles. The van der Waals surface area contributed by atoms with E-state index in [0.29, 0.717) is 11.1 Å². The van der Waals surface area contributed by atoms with Crippen LogP contribution in [0.25, 0.3) is 0 Å². The minimum atomic E-state index is -0.957. The van der Waals surface area contributed by atoms with Crippen molar-refractivity contribution < 1.29 is 18.9 Å². The molecule has 0 amide bonds. The molecule has 1 heterocycles. The van der Waals surface area contributed by atoms with Crippen LogP contribution in [0.1, 0.15) is 21.5 Å². The third-order valence-corrected chi connectivity index (χ3v) is 3.62. The lowest BCUT2D eigenvalue weighted by molar-refractivity contribution is -0.384. The average Bonchev–Trinajstić information content (AvgIpc) is 2.69. The smallest absolute Gasteiger partial charge is 0.312 e. The van der Waals surface area contributed by atoms with Gasteiger partial charge in [0.2, 0.25) is 0 Å². The molecule has 3 aromatic rings. The lowest BCUT2D eigenvalue weighted by Gasteiger charge is -2.07. The molecule has 0 unspecified atom stereocenters. The van der Waals surface area contributed by atoms with Crippen LogP contribution in [0.15, 0.2) is 78.2 Å². The van der Waals surface area contributed by atoms with E-state index in [1.165, 1.54) is 54.9 Å². The molecule has 0 saturated carbocycles. The van der Waals surface area contributed by atoms with Gasteiger partial charge < -0.3 is 4.84 Å². The zero-order valence-corrected chi connectivity index (χ0v) is 13.8. The molecule has 0 spiro atoms. The molecule has 2 aromatic carbocycles. The highest BCUT2D eigenvalue weighted by Gasteiger charge is 2.15. The Balaban J connectivity index is 1.95. The molecule has 0 bridgehead atoms. The van der Waals surface area contributed by atoms with Crippen molar-refractivity contribution in [1.29, 1.82) is 0 Å². The molecule has 8 heteroatoms. The lowest BCUT2D eigenvalue weighted by Crippen LogP contribution is -2.09. The molecular formula is C19H12FN3O4. The Morgan fingerprint density at radius 1 is 1.00 bits per heavy atom. The minimum Gasteiger partial charge on any atom is -0.312 e. The number of non-ortho nitro benzene ring substituents is 1. The number of halogens is 1. The number of nitrogens with zero attached hydrogens (tertiary/aromatic N) is 3. The first kappa shape index (κ1) is 17.9. The molecular weight excluding hydrogens is 353 g/mol. The summed E-state index contributed by atoms with van der Waals surface area (Å²) < 4.78 is 13.7. The molecule has 0 N–H and O–H groups in total. The highest BCUT2D eigenvalue weighted by atomic mass is 19.1. The standard InChI is InChI=1S/C19H12FN3O4/c20-17-4-2-1-3-16(17)19(24)27-22-18(14-9-11-21-12-10-14)13-5-7-15(8-6-13)23(25)26/h1-12H/b22-18-. The van der Waals surface area contributed by atoms with Crippen molar-refractivity contribution in [2.24, 2.45) is 5.16 Å². The average molecular weight is 365 g/mol. The highest BCUT2D eigenvalue weighted by molar-refractivity contribution is 6.12. The number of benzene rings is 2. The van der Waals surface area contributed by atoms with Crippen molar-refractivity contribution >= 4 is 17.4 Å². The Labute approximate surface area is 152 Å². The third-order valence-electron chi connectivity index (χ3n) is 3.62. The van der Waals surface area contributed by atoms with Crippen LogP contribution < -0.4 is 0 Å². The number of rotatable bonds is 5. The number of nitro benzene ring substituents is 1. The molecule has 0 aliphatic heterocycles. The first-order valence-corrected chi connectivity index (χ1v) is 7.75. The van der Waals surface area contributed by atoms with E-state index in [0.717, 1.165) is 6.07 Å². The Hall–Kier alpha value is -3.94. The fourth-order valence-corrected chi connectivity index (χ4v) is 2.29. The van der Waals surface area contributed by atoms with Crippen molar-refractivity contribution in [3.05, 3.63) is 106 Å². The van der Waals surface area contributed by atoms with Gasteiger partial charge in [-0.1, -0.05) is 17.3 Å². The second kappa shape index (κ2) is 7.96. The highest BCUT2D eigenvalue weighted by Crippen LogP contribution is 2.17. The first-order valence-electron chi connectivity index (χ1n) is 7.75. The monoisotopic (exact) mass is 365 g/mol. The molecule has 0 radical (unpaired) electrons. The van der Waals surface area contributed by atoms with Crippen molar-refractivity contribution in [2.45, 2.75) is 0 Å². The van der Waals surface area contributed by atoms with Gasteiger partial charge in [-0.25, -0.2) is 9.18 Å². The van der Waals surface area contributed by atoms with Crippen LogP contribution in [0.3, 0.4) is 0 Å². The third kappa shape index (κ3) is 4.18. The van der Waals surface area contributed by atoms with Crippen molar-refractivity contribution in [3.63, 3.8) is 0 Å². The molecule has 7 nitrogen and oxygen atoms in total. The van der Waals surface area contributed by atoms with Gasteiger partial charge in [-0.2, -0.15) is 0 Å². The number of aromatic nitrogens is 1. The largest absolute Gasteiger partial charge is 0.368 e. The van der Waals surface area contributed by atoms with Crippen LogP contribution in [0.4, 0.5) is 10.1 Å². The summed E-state index contributed by atoms with van der Waals surface area (Å²) in [4.78, 5) is 31.2. The molecule has 0 aliphatic carbocycles. The second-order valence-electron chi connectivity index (χ2n) is 5.34. The zero-order valence-electron chi connectivity index (χ0n) is 13.8. The van der Waals surface area contributed by atoms with Gasteiger partial charge in [-0.05, 0) is 36.4 Å². The number of hydrogen-bond acceptors (Lipinski definition) is 6. The van der Waals surface area contributed by atoms with E-state index in [1.807, 2.05) is 0 Å². The van der Waals surface area contributed by atoms with Gasteiger partial charge in [-0.3, -0.25) is 15.1 Å². The van der Waals surface area contributed by atoms with Gasteiger partial charge in [0, 0.05) is 35.7 Å². The van der Waals surface area contributed by atoms with E-state index >= 15 is 0 Å². The van der Waals surface area contributed by atoms with Crippen LogP contribution in [0.5, 0.6) is 0 Å². The van der Waals surface area contributed by atoms with Gasteiger partial charge in [0.05, 0.1) is 10.5 Å². The summed E-state index contributed by atoms with van der Waals surface area (Å²) in [7, 11) is 0. The molecule has 0 fully saturated rings. The quantitative estimate of drug-likeness (QED) is 0.297. The molecule has 0 aliphatic rings. The molecule has 1 aromatic heterocycles. The van der Waals surface area contributed by atoms with Crippen molar-refractivity contribution in [2.75, 3.05) is 0 Å². The Kier molecular flexibility index (Phi) is 5.27. The van der Waals surface area contributed by atoms with Gasteiger partial charge in [0.1, 0.15) is 11.5 Å². The minimum absolute atomic E-state index is 0.0869. The maximum absolute atomic E-state index is 13.7. The predicted octanol–water partition coefficient (Wildman–Crippen LogP) is 3.74. The molecule has 134 valence electrons. The Bertz CT molecular complexity index is 1000. The van der Waals surface area contributed by atoms with E-state index in [2.05, 4.69) is 10.1 Å². The molecule has 27 heavy (non-hydrogen) atoms. The summed E-state index contributed by atoms with van der Waals surface area (Å²) in [5.74, 6) is -1.68. The fraction of sp³-hybridized carbons (Fsp3) is 0. The topological polar surface area (TPSA) is 94.7 Å².